The molecule has 2 aliphatic rings. The first kappa shape index (κ1) is 41.6. The van der Waals surface area contributed by atoms with Gasteiger partial charge >= 0.3 is 0 Å². The second-order valence-corrected chi connectivity index (χ2v) is 23.1. The molecular weight excluding hydrogens is 819 g/mol. The molecule has 3 heteroatoms. The molecule has 2 heterocycles. The summed E-state index contributed by atoms with van der Waals surface area (Å²) in [6, 6.07) is 72.8. The Labute approximate surface area is 391 Å². The summed E-state index contributed by atoms with van der Waals surface area (Å²) in [5.41, 5.74) is 11.8. The molecule has 0 unspecified atom stereocenters. The Kier molecular flexibility index (Phi) is 11.5. The largest absolute Gasteiger partial charge is 0.308 e. The Morgan fingerprint density at radius 3 is 1.75 bits per heavy atom. The van der Waals surface area contributed by atoms with Crippen LogP contribution in [0, 0.1) is 0 Å². The molecule has 0 radical (unpaired) electrons. The summed E-state index contributed by atoms with van der Waals surface area (Å²) in [6.45, 7) is 4.59. The number of unbranched alkanes of at least 4 members (excludes halogenated alkanes) is 6. The van der Waals surface area contributed by atoms with Crippen molar-refractivity contribution in [1.29, 1.82) is 0 Å². The molecule has 0 spiro atoms. The van der Waals surface area contributed by atoms with Crippen LogP contribution in [-0.4, -0.2) is 8.07 Å². The minimum absolute atomic E-state index is 1.15. The van der Waals surface area contributed by atoms with Crippen LogP contribution in [0.4, 0.5) is 17.1 Å². The molecule has 0 saturated carbocycles. The van der Waals surface area contributed by atoms with E-state index >= 15 is 0 Å². The zero-order valence-electron chi connectivity index (χ0n) is 37.8. The van der Waals surface area contributed by atoms with Crippen molar-refractivity contribution in [2.24, 2.45) is 0 Å². The summed E-state index contributed by atoms with van der Waals surface area (Å²) in [4.78, 5) is 5.08. The van der Waals surface area contributed by atoms with E-state index in [0.29, 0.717) is 0 Å². The van der Waals surface area contributed by atoms with Crippen molar-refractivity contribution in [3.8, 4) is 22.3 Å². The Morgan fingerprint density at radius 1 is 0.431 bits per heavy atom. The molecule has 0 aromatic heterocycles. The average Bonchev–Trinajstić information content (AvgIpc) is 3.66. The van der Waals surface area contributed by atoms with Crippen LogP contribution in [0.2, 0.25) is 0 Å². The minimum Gasteiger partial charge on any atom is -0.308 e. The maximum absolute atomic E-state index is 2.66. The van der Waals surface area contributed by atoms with Gasteiger partial charge in [-0.2, -0.15) is 0 Å². The lowest BCUT2D eigenvalue weighted by molar-refractivity contribution is 0.667. The average molecular weight is 876 g/mol. The topological polar surface area (TPSA) is 3.24 Å². The van der Waals surface area contributed by atoms with Gasteiger partial charge in [0.25, 0.3) is 0 Å². The van der Waals surface area contributed by atoms with Gasteiger partial charge in [-0.25, -0.2) is 0 Å². The lowest BCUT2D eigenvalue weighted by Gasteiger charge is -2.34. The summed E-state index contributed by atoms with van der Waals surface area (Å²) >= 11 is 1.90. The first-order valence-electron chi connectivity index (χ1n) is 24.2. The van der Waals surface area contributed by atoms with E-state index in [9.17, 15) is 0 Å². The van der Waals surface area contributed by atoms with Gasteiger partial charge in [0.05, 0.1) is 11.4 Å². The molecule has 0 aliphatic carbocycles. The van der Waals surface area contributed by atoms with E-state index in [1.165, 1.54) is 154 Å². The van der Waals surface area contributed by atoms with E-state index in [4.69, 9.17) is 0 Å². The lowest BCUT2D eigenvalue weighted by Crippen LogP contribution is -2.72. The van der Waals surface area contributed by atoms with E-state index < -0.39 is 8.07 Å². The molecule has 0 fully saturated rings. The van der Waals surface area contributed by atoms with Crippen LogP contribution in [0.1, 0.15) is 76.3 Å². The fraction of sp³-hybridized carbons (Fsp3) is 0.194. The molecule has 65 heavy (non-hydrogen) atoms. The van der Waals surface area contributed by atoms with Crippen molar-refractivity contribution in [2.45, 2.75) is 87.8 Å². The quantitative estimate of drug-likeness (QED) is 0.0791. The third-order valence-corrected chi connectivity index (χ3v) is 20.4. The van der Waals surface area contributed by atoms with Crippen LogP contribution in [0.5, 0.6) is 0 Å². The van der Waals surface area contributed by atoms with Crippen molar-refractivity contribution in [3.05, 3.63) is 199 Å². The van der Waals surface area contributed by atoms with Crippen LogP contribution in [-0.2, 0) is 12.8 Å². The van der Waals surface area contributed by atoms with Gasteiger partial charge in [-0.05, 0) is 138 Å². The molecule has 11 rings (SSSR count). The van der Waals surface area contributed by atoms with E-state index in [-0.39, 0.29) is 0 Å². The Hall–Kier alpha value is -6.13. The molecule has 0 amide bonds. The fourth-order valence-electron chi connectivity index (χ4n) is 10.9. The summed E-state index contributed by atoms with van der Waals surface area (Å²) in [6.07, 6.45) is 12.6. The summed E-state index contributed by atoms with van der Waals surface area (Å²) in [5, 5.41) is 11.0. The van der Waals surface area contributed by atoms with E-state index in [0.717, 1.165) is 12.8 Å². The van der Waals surface area contributed by atoms with Crippen molar-refractivity contribution in [1.82, 2.24) is 0 Å². The maximum Gasteiger partial charge on any atom is 0.180 e. The van der Waals surface area contributed by atoms with Crippen molar-refractivity contribution >= 4 is 79.2 Å². The van der Waals surface area contributed by atoms with Gasteiger partial charge in [0, 0.05) is 15.5 Å². The zero-order chi connectivity index (χ0) is 43.7. The fourth-order valence-corrected chi connectivity index (χ4v) is 17.2. The van der Waals surface area contributed by atoms with Crippen LogP contribution in [0.3, 0.4) is 0 Å². The minimum atomic E-state index is -2.66. The molecule has 320 valence electrons. The van der Waals surface area contributed by atoms with Gasteiger partial charge < -0.3 is 4.90 Å². The number of fused-ring (bicyclic) bond motifs is 8. The van der Waals surface area contributed by atoms with Crippen molar-refractivity contribution in [3.63, 3.8) is 0 Å². The van der Waals surface area contributed by atoms with E-state index in [2.05, 4.69) is 207 Å². The summed E-state index contributed by atoms with van der Waals surface area (Å²) < 4.78 is 0. The predicted octanol–water partition coefficient (Wildman–Crippen LogP) is 15.2. The van der Waals surface area contributed by atoms with E-state index in [1.807, 2.05) is 11.8 Å². The molecule has 0 saturated heterocycles. The SMILES string of the molecule is CCCCCCc1ccc([Si]2(c3ccc(CCCCCC)cc3)c3ccccc3-c3cc(-c4ccc5c(c4)N(c4ccc6ccccc6c4)c4ccc6ccccc6c4S5)ccc32)cc1. The van der Waals surface area contributed by atoms with Gasteiger partial charge in [-0.15, -0.1) is 0 Å². The summed E-state index contributed by atoms with van der Waals surface area (Å²) in [7, 11) is -2.66. The highest BCUT2D eigenvalue weighted by atomic mass is 32.2. The van der Waals surface area contributed by atoms with Crippen LogP contribution in [0.25, 0.3) is 43.8 Å². The molecule has 9 aromatic rings. The van der Waals surface area contributed by atoms with Crippen molar-refractivity contribution < 1.29 is 0 Å². The van der Waals surface area contributed by atoms with Crippen LogP contribution < -0.4 is 25.6 Å². The molecule has 1 nitrogen and oxygen atoms in total. The van der Waals surface area contributed by atoms with Gasteiger partial charge in [-0.3, -0.25) is 0 Å². The van der Waals surface area contributed by atoms with Gasteiger partial charge in [0.1, 0.15) is 0 Å². The van der Waals surface area contributed by atoms with Crippen molar-refractivity contribution in [2.75, 3.05) is 4.90 Å². The normalized spacial score (nSPS) is 13.4. The highest BCUT2D eigenvalue weighted by Gasteiger charge is 2.48. The van der Waals surface area contributed by atoms with Gasteiger partial charge in [-0.1, -0.05) is 216 Å². The first-order valence-corrected chi connectivity index (χ1v) is 27.0. The monoisotopic (exact) mass is 875 g/mol. The van der Waals surface area contributed by atoms with Crippen LogP contribution in [0.15, 0.2) is 198 Å². The molecule has 2 aliphatic heterocycles. The Bertz CT molecular complexity index is 3110. The first-order chi connectivity index (χ1) is 32.1. The van der Waals surface area contributed by atoms with Gasteiger partial charge in [0.2, 0.25) is 0 Å². The molecule has 0 bridgehead atoms. The molecule has 9 aromatic carbocycles. The highest BCUT2D eigenvalue weighted by Crippen LogP contribution is 2.54. The second-order valence-electron chi connectivity index (χ2n) is 18.4. The van der Waals surface area contributed by atoms with Crippen LogP contribution >= 0.6 is 11.8 Å². The molecule has 0 N–H and O–H groups in total. The smallest absolute Gasteiger partial charge is 0.180 e. The number of hydrogen-bond acceptors (Lipinski definition) is 2. The highest BCUT2D eigenvalue weighted by molar-refractivity contribution is 8.00. The number of nitrogens with zero attached hydrogens (tertiary/aromatic N) is 1. The molecular formula is C62H57NSSi. The van der Waals surface area contributed by atoms with E-state index in [1.54, 1.807) is 0 Å². The van der Waals surface area contributed by atoms with Gasteiger partial charge in [0.15, 0.2) is 8.07 Å². The third-order valence-electron chi connectivity index (χ3n) is 14.3. The maximum atomic E-state index is 2.52. The summed E-state index contributed by atoms with van der Waals surface area (Å²) in [5.74, 6) is 0. The number of benzene rings is 9. The lowest BCUT2D eigenvalue weighted by atomic mass is 9.98. The number of anilines is 3. The number of hydrogen-bond donors (Lipinski definition) is 0. The second kappa shape index (κ2) is 18.0. The Morgan fingerprint density at radius 2 is 1.03 bits per heavy atom. The zero-order valence-corrected chi connectivity index (χ0v) is 39.6. The number of rotatable bonds is 14. The number of aryl methyl sites for hydroxylation is 2. The Balaban J connectivity index is 1.04. The predicted molar refractivity (Wildman–Crippen MR) is 284 cm³/mol. The molecule has 0 atom stereocenters. The standard InChI is InChI=1S/C62H57NSSi/c1-3-5-7-9-17-44-25-34-52(35-26-44)65(53-36-27-45(28-37-53)18-10-8-6-4-2)60-24-16-15-23-55(60)56-42-49(32-40-61(56)65)50-31-39-59-58(43-50)63(51-33-29-46-19-11-12-21-48(46)41-51)57-38-30-47-20-13-14-22-54(47)62(57)64-59/h11-16,19-43H,3-10,17-18H2,1-2H3. The third kappa shape index (κ3) is 7.53.